The van der Waals surface area contributed by atoms with Gasteiger partial charge in [-0.25, -0.2) is 13.1 Å². The van der Waals surface area contributed by atoms with E-state index in [1.54, 1.807) is 0 Å². The molecule has 1 aliphatic heterocycles. The van der Waals surface area contributed by atoms with Crippen LogP contribution in [-0.4, -0.2) is 61.3 Å². The normalized spacial score (nSPS) is 20.9. The van der Waals surface area contributed by atoms with Crippen molar-refractivity contribution in [1.82, 2.24) is 14.7 Å². The Labute approximate surface area is 128 Å². The fourth-order valence-corrected chi connectivity index (χ4v) is 4.02. The first-order valence-electron chi connectivity index (χ1n) is 6.66. The fourth-order valence-electron chi connectivity index (χ4n) is 2.15. The molecule has 1 unspecified atom stereocenters. The van der Waals surface area contributed by atoms with Crippen LogP contribution < -0.4 is 10.9 Å². The molecule has 0 aliphatic carbocycles. The molecule has 0 radical (unpaired) electrons. The summed E-state index contributed by atoms with van der Waals surface area (Å²) < 4.78 is 24.2. The quantitative estimate of drug-likeness (QED) is 0.819. The van der Waals surface area contributed by atoms with Crippen LogP contribution in [0.15, 0.2) is 11.0 Å². The van der Waals surface area contributed by atoms with Gasteiger partial charge in [-0.1, -0.05) is 11.6 Å². The number of aromatic nitrogens is 2. The van der Waals surface area contributed by atoms with E-state index in [4.69, 9.17) is 11.6 Å². The summed E-state index contributed by atoms with van der Waals surface area (Å²) in [6, 6.07) is -0.216. The van der Waals surface area contributed by atoms with Gasteiger partial charge in [0.05, 0.1) is 29.9 Å². The molecule has 118 valence electrons. The summed E-state index contributed by atoms with van der Waals surface area (Å²) >= 11 is 6.06. The lowest BCUT2D eigenvalue weighted by Crippen LogP contribution is -2.30. The summed E-state index contributed by atoms with van der Waals surface area (Å²) in [5.41, 5.74) is 0.0224. The minimum Gasteiger partial charge on any atom is -0.379 e. The van der Waals surface area contributed by atoms with Gasteiger partial charge in [-0.2, -0.15) is 5.10 Å². The predicted octanol–water partition coefficient (Wildman–Crippen LogP) is 0.0573. The highest BCUT2D eigenvalue weighted by Gasteiger charge is 2.28. The van der Waals surface area contributed by atoms with Crippen LogP contribution in [0.1, 0.15) is 6.42 Å². The molecule has 9 heteroatoms. The van der Waals surface area contributed by atoms with Gasteiger partial charge in [0.15, 0.2) is 9.84 Å². The van der Waals surface area contributed by atoms with Gasteiger partial charge in [0.25, 0.3) is 5.56 Å². The smallest absolute Gasteiger partial charge is 0.287 e. The third-order valence-electron chi connectivity index (χ3n) is 3.34. The maximum absolute atomic E-state index is 12.1. The van der Waals surface area contributed by atoms with Crippen LogP contribution in [0.25, 0.3) is 0 Å². The number of sulfone groups is 1. The Hall–Kier alpha value is -1.12. The molecular weight excluding hydrogens is 316 g/mol. The van der Waals surface area contributed by atoms with Crippen molar-refractivity contribution in [2.75, 3.05) is 37.5 Å². The molecule has 0 spiro atoms. The van der Waals surface area contributed by atoms with Crippen LogP contribution >= 0.6 is 11.6 Å². The molecule has 1 aromatic heterocycles. The van der Waals surface area contributed by atoms with Crippen molar-refractivity contribution in [3.05, 3.63) is 21.6 Å². The van der Waals surface area contributed by atoms with Crippen LogP contribution in [-0.2, 0) is 16.4 Å². The van der Waals surface area contributed by atoms with Gasteiger partial charge in [0, 0.05) is 12.6 Å². The molecule has 7 nitrogen and oxygen atoms in total. The van der Waals surface area contributed by atoms with Crippen LogP contribution in [0.4, 0.5) is 5.69 Å². The average Bonchev–Trinajstić information content (AvgIpc) is 2.73. The second-order valence-corrected chi connectivity index (χ2v) is 8.05. The van der Waals surface area contributed by atoms with Crippen molar-refractivity contribution in [3.63, 3.8) is 0 Å². The molecule has 0 saturated carbocycles. The summed E-state index contributed by atoms with van der Waals surface area (Å²) in [5, 5.41) is 7.12. The van der Waals surface area contributed by atoms with Gasteiger partial charge in [-0.15, -0.1) is 0 Å². The lowest BCUT2D eigenvalue weighted by atomic mass is 10.2. The second-order valence-electron chi connectivity index (χ2n) is 5.45. The fraction of sp³-hybridized carbons (Fsp3) is 0.667. The first-order chi connectivity index (χ1) is 9.78. The zero-order chi connectivity index (χ0) is 15.6. The van der Waals surface area contributed by atoms with E-state index in [2.05, 4.69) is 10.4 Å². The van der Waals surface area contributed by atoms with Crippen molar-refractivity contribution in [1.29, 1.82) is 0 Å². The zero-order valence-corrected chi connectivity index (χ0v) is 13.6. The van der Waals surface area contributed by atoms with E-state index in [1.165, 1.54) is 10.9 Å². The summed E-state index contributed by atoms with van der Waals surface area (Å²) in [4.78, 5) is 14.0. The molecule has 2 heterocycles. The van der Waals surface area contributed by atoms with Gasteiger partial charge in [0.2, 0.25) is 0 Å². The van der Waals surface area contributed by atoms with E-state index >= 15 is 0 Å². The Kier molecular flexibility index (Phi) is 4.90. The highest BCUT2D eigenvalue weighted by Crippen LogP contribution is 2.21. The second kappa shape index (κ2) is 6.33. The van der Waals surface area contributed by atoms with Crippen molar-refractivity contribution < 1.29 is 8.42 Å². The SMILES string of the molecule is CN(C)CCn1ncc(NC2CCS(=O)(=O)C2)c(Cl)c1=O. The predicted molar refractivity (Wildman–Crippen MR) is 82.7 cm³/mol. The van der Waals surface area contributed by atoms with E-state index < -0.39 is 9.84 Å². The highest BCUT2D eigenvalue weighted by molar-refractivity contribution is 7.91. The van der Waals surface area contributed by atoms with Crippen LogP contribution in [0.2, 0.25) is 5.02 Å². The molecule has 2 rings (SSSR count). The third kappa shape index (κ3) is 4.18. The molecular formula is C12H19ClN4O3S. The largest absolute Gasteiger partial charge is 0.379 e. The van der Waals surface area contributed by atoms with Crippen molar-refractivity contribution >= 4 is 27.1 Å². The Morgan fingerprint density at radius 2 is 2.24 bits per heavy atom. The van der Waals surface area contributed by atoms with E-state index in [0.717, 1.165) is 0 Å². The van der Waals surface area contributed by atoms with E-state index in [9.17, 15) is 13.2 Å². The van der Waals surface area contributed by atoms with Gasteiger partial charge in [-0.05, 0) is 20.5 Å². The number of nitrogens with zero attached hydrogens (tertiary/aromatic N) is 3. The van der Waals surface area contributed by atoms with Crippen LogP contribution in [0.3, 0.4) is 0 Å². The first kappa shape index (κ1) is 16.3. The zero-order valence-electron chi connectivity index (χ0n) is 12.0. The molecule has 0 amide bonds. The number of nitrogens with one attached hydrogen (secondary N) is 1. The van der Waals surface area contributed by atoms with Gasteiger partial charge < -0.3 is 10.2 Å². The minimum absolute atomic E-state index is 0.0491. The molecule has 1 fully saturated rings. The maximum Gasteiger partial charge on any atom is 0.287 e. The molecule has 21 heavy (non-hydrogen) atoms. The molecule has 1 atom stereocenters. The topological polar surface area (TPSA) is 84.3 Å². The lowest BCUT2D eigenvalue weighted by Gasteiger charge is -2.15. The Morgan fingerprint density at radius 1 is 1.52 bits per heavy atom. The minimum atomic E-state index is -2.98. The van der Waals surface area contributed by atoms with Crippen LogP contribution in [0, 0.1) is 0 Å². The van der Waals surface area contributed by atoms with Gasteiger partial charge in [-0.3, -0.25) is 4.79 Å². The molecule has 0 aromatic carbocycles. The van der Waals surface area contributed by atoms with E-state index in [-0.39, 0.29) is 28.1 Å². The van der Waals surface area contributed by atoms with Crippen molar-refractivity contribution in [2.45, 2.75) is 19.0 Å². The number of halogens is 1. The Morgan fingerprint density at radius 3 is 2.81 bits per heavy atom. The van der Waals surface area contributed by atoms with Gasteiger partial charge in [0.1, 0.15) is 5.02 Å². The van der Waals surface area contributed by atoms with Crippen LogP contribution in [0.5, 0.6) is 0 Å². The summed E-state index contributed by atoms with van der Waals surface area (Å²) in [6.45, 7) is 1.13. The number of hydrogen-bond acceptors (Lipinski definition) is 6. The van der Waals surface area contributed by atoms with Crippen molar-refractivity contribution in [2.24, 2.45) is 0 Å². The molecule has 1 N–H and O–H groups in total. The number of hydrogen-bond donors (Lipinski definition) is 1. The summed E-state index contributed by atoms with van der Waals surface area (Å²) in [7, 11) is 0.832. The molecule has 1 saturated heterocycles. The summed E-state index contributed by atoms with van der Waals surface area (Å²) in [5.74, 6) is 0.225. The number of rotatable bonds is 5. The Balaban J connectivity index is 2.12. The average molecular weight is 335 g/mol. The van der Waals surface area contributed by atoms with Gasteiger partial charge >= 0.3 is 0 Å². The molecule has 0 bridgehead atoms. The number of anilines is 1. The first-order valence-corrected chi connectivity index (χ1v) is 8.86. The lowest BCUT2D eigenvalue weighted by molar-refractivity contribution is 0.367. The monoisotopic (exact) mass is 334 g/mol. The molecule has 1 aromatic rings. The molecule has 1 aliphatic rings. The summed E-state index contributed by atoms with van der Waals surface area (Å²) in [6.07, 6.45) is 1.99. The Bertz CT molecular complexity index is 672. The van der Waals surface area contributed by atoms with E-state index in [0.29, 0.717) is 25.2 Å². The standard InChI is InChI=1S/C12H19ClN4O3S/c1-16(2)4-5-17-12(18)11(13)10(7-14-17)15-9-3-6-21(19,20)8-9/h7,9,15H,3-6,8H2,1-2H3. The highest BCUT2D eigenvalue weighted by atomic mass is 35.5. The van der Waals surface area contributed by atoms with Crippen molar-refractivity contribution in [3.8, 4) is 0 Å². The third-order valence-corrected chi connectivity index (χ3v) is 5.47. The maximum atomic E-state index is 12.1. The van der Waals surface area contributed by atoms with E-state index in [1.807, 2.05) is 19.0 Å². The number of likely N-dealkylation sites (N-methyl/N-ethyl adjacent to an activating group) is 1.